The van der Waals surface area contributed by atoms with Gasteiger partial charge in [0, 0.05) is 0 Å². The number of esters is 1. The summed E-state index contributed by atoms with van der Waals surface area (Å²) in [5.74, 6) is -0.00481. The number of fused-ring (bicyclic) bond motifs is 1. The molecule has 0 spiro atoms. The van der Waals surface area contributed by atoms with E-state index in [1.54, 1.807) is 41.2 Å². The van der Waals surface area contributed by atoms with Crippen molar-refractivity contribution in [3.8, 4) is 5.75 Å². The van der Waals surface area contributed by atoms with Crippen LogP contribution < -0.4 is 21.1 Å². The van der Waals surface area contributed by atoms with E-state index < -0.39 is 19.8 Å². The van der Waals surface area contributed by atoms with Crippen LogP contribution in [0.1, 0.15) is 18.1 Å². The molecule has 4 rings (SSSR count). The summed E-state index contributed by atoms with van der Waals surface area (Å²) in [4.78, 5) is 24.3. The minimum atomic E-state index is -3.96. The smallest absolute Gasteiger partial charge is 0.459 e. The number of nitrogen functional groups attached to an aromatic ring is 2. The van der Waals surface area contributed by atoms with Crippen molar-refractivity contribution in [1.29, 1.82) is 0 Å². The fraction of sp³-hybridized carbons (Fsp3) is 0.217. The number of imidazole rings is 1. The molecule has 2 aromatic heterocycles. The minimum Gasteiger partial charge on any atom is -0.468 e. The molecule has 12 nitrogen and oxygen atoms in total. The van der Waals surface area contributed by atoms with Gasteiger partial charge < -0.3 is 25.3 Å². The molecule has 0 amide bonds. The maximum atomic E-state index is 13.5. The fourth-order valence-electron chi connectivity index (χ4n) is 3.45. The zero-order valence-electron chi connectivity index (χ0n) is 19.7. The molecule has 0 radical (unpaired) electrons. The summed E-state index contributed by atoms with van der Waals surface area (Å²) in [6.07, 6.45) is 1.61. The highest BCUT2D eigenvalue weighted by atomic mass is 31.2. The van der Waals surface area contributed by atoms with E-state index in [0.717, 1.165) is 11.1 Å². The zero-order chi connectivity index (χ0) is 25.7. The van der Waals surface area contributed by atoms with Crippen molar-refractivity contribution in [1.82, 2.24) is 24.6 Å². The lowest BCUT2D eigenvalue weighted by molar-refractivity contribution is -0.142. The molecule has 13 heteroatoms. The van der Waals surface area contributed by atoms with Gasteiger partial charge in [0.1, 0.15) is 17.3 Å². The van der Waals surface area contributed by atoms with E-state index in [4.69, 9.17) is 25.3 Å². The van der Waals surface area contributed by atoms with E-state index in [1.807, 2.05) is 24.3 Å². The van der Waals surface area contributed by atoms with Gasteiger partial charge in [0.15, 0.2) is 11.5 Å². The van der Waals surface area contributed by atoms with Crippen molar-refractivity contribution in [2.24, 2.45) is 0 Å². The Hall–Kier alpha value is -3.99. The molecule has 36 heavy (non-hydrogen) atoms. The van der Waals surface area contributed by atoms with E-state index in [2.05, 4.69) is 20.0 Å². The maximum Gasteiger partial charge on any atom is 0.459 e. The number of carbonyl (C=O) groups is 1. The molecular weight excluding hydrogens is 485 g/mol. The van der Waals surface area contributed by atoms with Crippen LogP contribution in [0.25, 0.3) is 11.2 Å². The molecule has 188 valence electrons. The maximum absolute atomic E-state index is 13.5. The Bertz CT molecular complexity index is 1410. The monoisotopic (exact) mass is 511 g/mol. The van der Waals surface area contributed by atoms with Crippen molar-refractivity contribution in [2.45, 2.75) is 26.1 Å². The number of carbonyl (C=O) groups excluding carboxylic acids is 1. The second-order valence-corrected chi connectivity index (χ2v) is 9.57. The summed E-state index contributed by atoms with van der Waals surface area (Å²) < 4.78 is 31.4. The van der Waals surface area contributed by atoms with Crippen LogP contribution in [-0.2, 0) is 31.8 Å². The highest BCUT2D eigenvalue weighted by Crippen LogP contribution is 2.45. The third kappa shape index (κ3) is 5.98. The molecule has 5 N–H and O–H groups in total. The van der Waals surface area contributed by atoms with Gasteiger partial charge in [0.05, 0.1) is 26.6 Å². The standard InChI is InChI=1S/C23H26N7O5P/c1-15(22(31)33-2)29-36(32,35-18-9-4-3-5-10-18)34-13-17-8-6-7-16(11-17)12-30-14-26-19-20(24)27-23(25)28-21(19)30/h3-11,14-15H,12-13H2,1-2H3,(H,29,32)(H4,24,25,27,28). The number of anilines is 2. The summed E-state index contributed by atoms with van der Waals surface area (Å²) in [5, 5.41) is 2.63. The highest BCUT2D eigenvalue weighted by Gasteiger charge is 2.32. The lowest BCUT2D eigenvalue weighted by Gasteiger charge is -2.22. The van der Waals surface area contributed by atoms with Gasteiger partial charge in [0.25, 0.3) is 0 Å². The lowest BCUT2D eigenvalue weighted by Crippen LogP contribution is -2.34. The number of methoxy groups -OCH3 is 1. The largest absolute Gasteiger partial charge is 0.468 e. The number of nitrogens with two attached hydrogens (primary N) is 2. The Labute approximate surface area is 207 Å². The van der Waals surface area contributed by atoms with Crippen molar-refractivity contribution in [3.05, 3.63) is 72.1 Å². The van der Waals surface area contributed by atoms with Crippen LogP contribution in [0, 0.1) is 0 Å². The Morgan fingerprint density at radius 1 is 1.11 bits per heavy atom. The Balaban J connectivity index is 1.51. The number of para-hydroxylation sites is 1. The van der Waals surface area contributed by atoms with Gasteiger partial charge >= 0.3 is 13.7 Å². The fourth-order valence-corrected chi connectivity index (χ4v) is 4.93. The molecule has 0 saturated carbocycles. The molecule has 0 aliphatic carbocycles. The second kappa shape index (κ2) is 10.7. The Morgan fingerprint density at radius 2 is 1.86 bits per heavy atom. The van der Waals surface area contributed by atoms with Gasteiger partial charge in [-0.15, -0.1) is 0 Å². The van der Waals surface area contributed by atoms with Gasteiger partial charge in [-0.2, -0.15) is 15.1 Å². The lowest BCUT2D eigenvalue weighted by atomic mass is 10.1. The van der Waals surface area contributed by atoms with Gasteiger partial charge in [-0.25, -0.2) is 9.55 Å². The quantitative estimate of drug-likeness (QED) is 0.211. The first kappa shape index (κ1) is 25.1. The summed E-state index contributed by atoms with van der Waals surface area (Å²) in [5.41, 5.74) is 14.2. The molecule has 0 aliphatic heterocycles. The van der Waals surface area contributed by atoms with Crippen LogP contribution >= 0.6 is 7.75 Å². The van der Waals surface area contributed by atoms with Crippen LogP contribution in [-0.4, -0.2) is 38.6 Å². The summed E-state index contributed by atoms with van der Waals surface area (Å²) in [6.45, 7) is 1.89. The Kier molecular flexibility index (Phi) is 7.49. The first-order valence-corrected chi connectivity index (χ1v) is 12.5. The molecule has 2 atom stereocenters. The number of rotatable bonds is 10. The van der Waals surface area contributed by atoms with Crippen LogP contribution in [0.3, 0.4) is 0 Å². The normalized spacial score (nSPS) is 13.7. The molecule has 0 fully saturated rings. The average Bonchev–Trinajstić information content (AvgIpc) is 3.25. The molecule has 0 aliphatic rings. The van der Waals surface area contributed by atoms with E-state index in [1.165, 1.54) is 14.0 Å². The minimum absolute atomic E-state index is 0.0500. The van der Waals surface area contributed by atoms with Crippen molar-refractivity contribution < 1.29 is 23.1 Å². The van der Waals surface area contributed by atoms with Crippen LogP contribution in [0.2, 0.25) is 0 Å². The zero-order valence-corrected chi connectivity index (χ0v) is 20.6. The predicted octanol–water partition coefficient (Wildman–Crippen LogP) is 2.89. The topological polar surface area (TPSA) is 169 Å². The van der Waals surface area contributed by atoms with Crippen LogP contribution in [0.4, 0.5) is 11.8 Å². The summed E-state index contributed by atoms with van der Waals surface area (Å²) >= 11 is 0. The van der Waals surface area contributed by atoms with Crippen molar-refractivity contribution in [3.63, 3.8) is 0 Å². The highest BCUT2D eigenvalue weighted by molar-refractivity contribution is 7.52. The van der Waals surface area contributed by atoms with Crippen LogP contribution in [0.5, 0.6) is 5.75 Å². The molecule has 2 aromatic carbocycles. The third-order valence-corrected chi connectivity index (χ3v) is 6.75. The first-order chi connectivity index (χ1) is 17.3. The number of nitrogens with one attached hydrogen (secondary N) is 1. The predicted molar refractivity (Wildman–Crippen MR) is 134 cm³/mol. The third-order valence-electron chi connectivity index (χ3n) is 5.13. The molecule has 0 bridgehead atoms. The number of aromatic nitrogens is 4. The van der Waals surface area contributed by atoms with Crippen LogP contribution in [0.15, 0.2) is 60.9 Å². The number of hydrogen-bond acceptors (Lipinski definition) is 10. The van der Waals surface area contributed by atoms with E-state index >= 15 is 0 Å². The first-order valence-electron chi connectivity index (χ1n) is 10.9. The summed E-state index contributed by atoms with van der Waals surface area (Å²) in [7, 11) is -2.71. The number of nitrogens with zero attached hydrogens (tertiary/aromatic N) is 4. The number of hydrogen-bond donors (Lipinski definition) is 3. The van der Waals surface area contributed by atoms with E-state index in [0.29, 0.717) is 23.5 Å². The molecule has 2 unspecified atom stereocenters. The van der Waals surface area contributed by atoms with E-state index in [-0.39, 0.29) is 18.4 Å². The van der Waals surface area contributed by atoms with Gasteiger partial charge in [-0.1, -0.05) is 42.5 Å². The van der Waals surface area contributed by atoms with Gasteiger partial charge in [-0.05, 0) is 30.2 Å². The molecular formula is C23H26N7O5P. The van der Waals surface area contributed by atoms with Gasteiger partial charge in [0.2, 0.25) is 5.95 Å². The van der Waals surface area contributed by atoms with E-state index in [9.17, 15) is 9.36 Å². The van der Waals surface area contributed by atoms with Crippen molar-refractivity contribution in [2.75, 3.05) is 18.6 Å². The average molecular weight is 511 g/mol. The summed E-state index contributed by atoms with van der Waals surface area (Å²) in [6, 6.07) is 15.1. The SMILES string of the molecule is COC(=O)C(C)NP(=O)(OCc1cccc(Cn2cnc3c(N)nc(N)nc32)c1)Oc1ccccc1. The van der Waals surface area contributed by atoms with Gasteiger partial charge in [-0.3, -0.25) is 9.32 Å². The Morgan fingerprint density at radius 3 is 2.61 bits per heavy atom. The molecule has 4 aromatic rings. The number of benzene rings is 2. The molecule has 0 saturated heterocycles. The second-order valence-electron chi connectivity index (χ2n) is 7.88. The van der Waals surface area contributed by atoms with Crippen molar-refractivity contribution >= 4 is 36.6 Å². The molecule has 2 heterocycles. The number of ether oxygens (including phenoxy) is 1.